The number of nitrogens with two attached hydrogens (primary N) is 1. The van der Waals surface area contributed by atoms with Crippen LogP contribution in [0.3, 0.4) is 0 Å². The number of aromatic nitrogens is 2. The number of H-pyrrole nitrogens is 1. The van der Waals surface area contributed by atoms with Crippen LogP contribution < -0.4 is 10.5 Å². The van der Waals surface area contributed by atoms with Gasteiger partial charge in [-0.2, -0.15) is 5.10 Å². The fourth-order valence-corrected chi connectivity index (χ4v) is 2.22. The Morgan fingerprint density at radius 3 is 2.36 bits per heavy atom. The molecule has 3 N–H and O–H groups in total. The average molecular weight is 293 g/mol. The van der Waals surface area contributed by atoms with Crippen LogP contribution in [0.5, 0.6) is 5.75 Å². The molecule has 2 aromatic carbocycles. The Morgan fingerprint density at radius 1 is 1.00 bits per heavy atom. The van der Waals surface area contributed by atoms with Gasteiger partial charge in [0.15, 0.2) is 0 Å². The van der Waals surface area contributed by atoms with E-state index in [0.717, 1.165) is 47.0 Å². The van der Waals surface area contributed by atoms with Crippen LogP contribution in [0.1, 0.15) is 13.3 Å². The molecule has 0 aliphatic carbocycles. The molecule has 1 aromatic heterocycles. The van der Waals surface area contributed by atoms with Gasteiger partial charge >= 0.3 is 0 Å². The smallest absolute Gasteiger partial charge is 0.119 e. The highest BCUT2D eigenvalue weighted by Gasteiger charge is 2.06. The molecule has 4 nitrogen and oxygen atoms in total. The van der Waals surface area contributed by atoms with Gasteiger partial charge in [0.2, 0.25) is 0 Å². The minimum atomic E-state index is 0.739. The van der Waals surface area contributed by atoms with Crippen LogP contribution in [0.25, 0.3) is 22.5 Å². The van der Waals surface area contributed by atoms with Crippen molar-refractivity contribution in [3.8, 4) is 28.3 Å². The molecule has 0 aliphatic rings. The monoisotopic (exact) mass is 293 g/mol. The Hall–Kier alpha value is -2.75. The summed E-state index contributed by atoms with van der Waals surface area (Å²) in [5.41, 5.74) is 10.5. The Labute approximate surface area is 129 Å². The van der Waals surface area contributed by atoms with Crippen molar-refractivity contribution in [2.45, 2.75) is 13.3 Å². The van der Waals surface area contributed by atoms with Crippen LogP contribution in [-0.4, -0.2) is 16.8 Å². The quantitative estimate of drug-likeness (QED) is 0.696. The zero-order valence-electron chi connectivity index (χ0n) is 12.5. The van der Waals surface area contributed by atoms with Gasteiger partial charge in [-0.1, -0.05) is 19.1 Å². The number of hydrogen-bond acceptors (Lipinski definition) is 3. The molecule has 0 atom stereocenters. The van der Waals surface area contributed by atoms with Gasteiger partial charge in [0, 0.05) is 11.3 Å². The summed E-state index contributed by atoms with van der Waals surface area (Å²) < 4.78 is 5.59. The fraction of sp³-hybridized carbons (Fsp3) is 0.167. The van der Waals surface area contributed by atoms with Crippen molar-refractivity contribution in [2.75, 3.05) is 12.3 Å². The van der Waals surface area contributed by atoms with E-state index >= 15 is 0 Å². The lowest BCUT2D eigenvalue weighted by Crippen LogP contribution is -1.94. The van der Waals surface area contributed by atoms with Crippen molar-refractivity contribution in [1.29, 1.82) is 0 Å². The molecule has 0 fully saturated rings. The van der Waals surface area contributed by atoms with Crippen LogP contribution in [0, 0.1) is 0 Å². The zero-order chi connectivity index (χ0) is 15.4. The van der Waals surface area contributed by atoms with Gasteiger partial charge < -0.3 is 10.5 Å². The molecule has 22 heavy (non-hydrogen) atoms. The van der Waals surface area contributed by atoms with Gasteiger partial charge in [-0.05, 0) is 54.4 Å². The lowest BCUT2D eigenvalue weighted by molar-refractivity contribution is 0.317. The van der Waals surface area contributed by atoms with E-state index in [2.05, 4.69) is 17.1 Å². The van der Waals surface area contributed by atoms with Gasteiger partial charge in [-0.3, -0.25) is 5.10 Å². The minimum Gasteiger partial charge on any atom is -0.494 e. The molecule has 3 rings (SSSR count). The first-order chi connectivity index (χ1) is 10.8. The van der Waals surface area contributed by atoms with Gasteiger partial charge in [-0.25, -0.2) is 0 Å². The van der Waals surface area contributed by atoms with Crippen molar-refractivity contribution in [3.63, 3.8) is 0 Å². The fourth-order valence-electron chi connectivity index (χ4n) is 2.22. The highest BCUT2D eigenvalue weighted by molar-refractivity contribution is 5.69. The van der Waals surface area contributed by atoms with E-state index in [0.29, 0.717) is 0 Å². The summed E-state index contributed by atoms with van der Waals surface area (Å²) in [7, 11) is 0. The predicted octanol–water partition coefficient (Wildman–Crippen LogP) is 4.11. The predicted molar refractivity (Wildman–Crippen MR) is 89.7 cm³/mol. The van der Waals surface area contributed by atoms with Gasteiger partial charge in [-0.15, -0.1) is 0 Å². The number of anilines is 1. The second-order valence-corrected chi connectivity index (χ2v) is 5.16. The lowest BCUT2D eigenvalue weighted by atomic mass is 10.1. The molecular weight excluding hydrogens is 274 g/mol. The maximum Gasteiger partial charge on any atom is 0.119 e. The minimum absolute atomic E-state index is 0.739. The van der Waals surface area contributed by atoms with E-state index in [4.69, 9.17) is 10.5 Å². The van der Waals surface area contributed by atoms with Crippen molar-refractivity contribution in [1.82, 2.24) is 10.2 Å². The van der Waals surface area contributed by atoms with Crippen LogP contribution in [-0.2, 0) is 0 Å². The molecule has 0 unspecified atom stereocenters. The number of benzene rings is 2. The van der Waals surface area contributed by atoms with Crippen molar-refractivity contribution in [3.05, 3.63) is 54.6 Å². The van der Waals surface area contributed by atoms with Crippen molar-refractivity contribution >= 4 is 5.69 Å². The summed E-state index contributed by atoms with van der Waals surface area (Å²) in [6, 6.07) is 17.8. The first kappa shape index (κ1) is 14.2. The van der Waals surface area contributed by atoms with Gasteiger partial charge in [0.05, 0.1) is 18.0 Å². The van der Waals surface area contributed by atoms with E-state index in [1.165, 1.54) is 0 Å². The maximum atomic E-state index is 5.71. The largest absolute Gasteiger partial charge is 0.494 e. The SMILES string of the molecule is CCCOc1ccc(-c2cc(-c3ccc(N)cc3)[nH]n2)cc1. The normalized spacial score (nSPS) is 10.6. The Kier molecular flexibility index (Phi) is 4.10. The Morgan fingerprint density at radius 2 is 1.68 bits per heavy atom. The number of nitrogens with zero attached hydrogens (tertiary/aromatic N) is 1. The molecule has 3 aromatic rings. The third-order valence-corrected chi connectivity index (χ3v) is 3.42. The first-order valence-corrected chi connectivity index (χ1v) is 7.41. The van der Waals surface area contributed by atoms with E-state index in [1.54, 1.807) is 0 Å². The summed E-state index contributed by atoms with van der Waals surface area (Å²) in [6.07, 6.45) is 1.01. The number of rotatable bonds is 5. The average Bonchev–Trinajstić information content (AvgIpc) is 3.04. The highest BCUT2D eigenvalue weighted by atomic mass is 16.5. The second kappa shape index (κ2) is 6.35. The number of aromatic amines is 1. The standard InChI is InChI=1S/C18H19N3O/c1-2-11-22-16-9-5-14(6-10-16)18-12-17(20-21-18)13-3-7-15(19)8-4-13/h3-10,12H,2,11,19H2,1H3,(H,20,21). The van der Waals surface area contributed by atoms with Crippen LogP contribution in [0.15, 0.2) is 54.6 Å². The van der Waals surface area contributed by atoms with Crippen molar-refractivity contribution in [2.24, 2.45) is 0 Å². The number of nitrogen functional groups attached to an aromatic ring is 1. The van der Waals surface area contributed by atoms with E-state index in [1.807, 2.05) is 54.6 Å². The van der Waals surface area contributed by atoms with E-state index in [-0.39, 0.29) is 0 Å². The molecule has 4 heteroatoms. The molecule has 0 saturated heterocycles. The van der Waals surface area contributed by atoms with Crippen LogP contribution in [0.2, 0.25) is 0 Å². The van der Waals surface area contributed by atoms with Crippen LogP contribution >= 0.6 is 0 Å². The third-order valence-electron chi connectivity index (χ3n) is 3.42. The molecule has 0 saturated carbocycles. The topological polar surface area (TPSA) is 63.9 Å². The lowest BCUT2D eigenvalue weighted by Gasteiger charge is -2.04. The molecule has 0 radical (unpaired) electrons. The Balaban J connectivity index is 1.79. The summed E-state index contributed by atoms with van der Waals surface area (Å²) in [6.45, 7) is 2.83. The maximum absolute atomic E-state index is 5.71. The summed E-state index contributed by atoms with van der Waals surface area (Å²) in [4.78, 5) is 0. The number of nitrogens with one attached hydrogen (secondary N) is 1. The third kappa shape index (κ3) is 3.11. The summed E-state index contributed by atoms with van der Waals surface area (Å²) in [5.74, 6) is 0.889. The molecule has 112 valence electrons. The molecule has 0 aliphatic heterocycles. The molecular formula is C18H19N3O. The zero-order valence-corrected chi connectivity index (χ0v) is 12.5. The molecule has 0 amide bonds. The van der Waals surface area contributed by atoms with Crippen LogP contribution in [0.4, 0.5) is 5.69 Å². The molecule has 0 bridgehead atoms. The number of ether oxygens (including phenoxy) is 1. The van der Waals surface area contributed by atoms with Crippen molar-refractivity contribution < 1.29 is 4.74 Å². The second-order valence-electron chi connectivity index (χ2n) is 5.16. The summed E-state index contributed by atoms with van der Waals surface area (Å²) >= 11 is 0. The summed E-state index contributed by atoms with van der Waals surface area (Å²) in [5, 5.41) is 7.45. The number of hydrogen-bond donors (Lipinski definition) is 2. The highest BCUT2D eigenvalue weighted by Crippen LogP contribution is 2.25. The first-order valence-electron chi connectivity index (χ1n) is 7.41. The Bertz CT molecular complexity index is 730. The van der Waals surface area contributed by atoms with E-state index in [9.17, 15) is 0 Å². The van der Waals surface area contributed by atoms with Gasteiger partial charge in [0.25, 0.3) is 0 Å². The molecule has 1 heterocycles. The van der Waals surface area contributed by atoms with E-state index < -0.39 is 0 Å². The molecule has 0 spiro atoms. The van der Waals surface area contributed by atoms with Gasteiger partial charge in [0.1, 0.15) is 5.75 Å².